The van der Waals surface area contributed by atoms with Gasteiger partial charge in [0.2, 0.25) is 16.0 Å². The van der Waals surface area contributed by atoms with Crippen LogP contribution in [0.15, 0.2) is 71.9 Å². The average Bonchev–Trinajstić information content (AvgIpc) is 2.90. The molecule has 1 fully saturated rings. The molecule has 4 aromatic rings. The summed E-state index contributed by atoms with van der Waals surface area (Å²) in [5.74, 6) is 1.88. The van der Waals surface area contributed by atoms with E-state index in [0.717, 1.165) is 5.69 Å². The van der Waals surface area contributed by atoms with Crippen LogP contribution in [0.1, 0.15) is 5.69 Å². The largest absolute Gasteiger partial charge is 0.325 e. The minimum atomic E-state index is -3.57. The number of rotatable bonds is 7. The van der Waals surface area contributed by atoms with E-state index in [9.17, 15) is 8.42 Å². The van der Waals surface area contributed by atoms with Crippen molar-refractivity contribution in [2.24, 2.45) is 0 Å². The minimum absolute atomic E-state index is 0.224. The molecule has 1 saturated heterocycles. The van der Waals surface area contributed by atoms with Gasteiger partial charge >= 0.3 is 0 Å². The highest BCUT2D eigenvalue weighted by Gasteiger charge is 2.26. The summed E-state index contributed by atoms with van der Waals surface area (Å²) in [5.41, 5.74) is 2.13. The molecule has 12 heteroatoms. The lowest BCUT2D eigenvalue weighted by atomic mass is 10.3. The highest BCUT2D eigenvalue weighted by molar-refractivity contribution is 7.89. The summed E-state index contributed by atoms with van der Waals surface area (Å²) in [6.07, 6.45) is 3.25. The maximum atomic E-state index is 13.0. The summed E-state index contributed by atoms with van der Waals surface area (Å²) < 4.78 is 27.5. The minimum Gasteiger partial charge on any atom is -0.325 e. The van der Waals surface area contributed by atoms with E-state index in [-0.39, 0.29) is 4.90 Å². The van der Waals surface area contributed by atoms with Crippen molar-refractivity contribution >= 4 is 33.3 Å². The van der Waals surface area contributed by atoms with Gasteiger partial charge in [0.1, 0.15) is 17.3 Å². The highest BCUT2D eigenvalue weighted by Crippen LogP contribution is 2.23. The second-order valence-corrected chi connectivity index (χ2v) is 10.1. The quantitative estimate of drug-likeness (QED) is 0.345. The molecule has 1 aromatic carbocycles. The first-order valence-electron chi connectivity index (χ1n) is 11.4. The second-order valence-electron chi connectivity index (χ2n) is 8.13. The van der Waals surface area contributed by atoms with Crippen molar-refractivity contribution in [2.45, 2.75) is 11.8 Å². The molecule has 0 aliphatic carbocycles. The molecule has 0 radical (unpaired) electrons. The Balaban J connectivity index is 1.32. The van der Waals surface area contributed by atoms with E-state index in [1.807, 2.05) is 25.1 Å². The predicted molar refractivity (Wildman–Crippen MR) is 137 cm³/mol. The molecule has 3 N–H and O–H groups in total. The van der Waals surface area contributed by atoms with Gasteiger partial charge in [-0.05, 0) is 49.4 Å². The monoisotopic (exact) mass is 503 g/mol. The molecule has 0 atom stereocenters. The Morgan fingerprint density at radius 2 is 1.61 bits per heavy atom. The van der Waals surface area contributed by atoms with E-state index in [1.54, 1.807) is 48.8 Å². The molecule has 36 heavy (non-hydrogen) atoms. The number of nitrogens with one attached hydrogen (secondary N) is 3. The Kier molecular flexibility index (Phi) is 6.80. The Morgan fingerprint density at radius 1 is 0.861 bits per heavy atom. The number of piperazine rings is 1. The summed E-state index contributed by atoms with van der Waals surface area (Å²) in [6, 6.07) is 15.8. The van der Waals surface area contributed by atoms with Gasteiger partial charge in [-0.15, -0.1) is 0 Å². The molecule has 184 valence electrons. The molecule has 11 nitrogen and oxygen atoms in total. The standard InChI is InChI=1S/C24H25N9O2S/c1-17-4-2-7-20(28-17)23-26-10-8-21(31-23)30-22-9-11-27-24(32-22)29-18-5-3-6-19(16-18)36(34,35)33-14-12-25-13-15-33/h2-11,16,25H,12-15H2,1H3,(H2,26,27,29,30,31,32). The van der Waals surface area contributed by atoms with E-state index in [0.29, 0.717) is 61.0 Å². The van der Waals surface area contributed by atoms with E-state index in [2.05, 4.69) is 40.9 Å². The molecule has 0 bridgehead atoms. The van der Waals surface area contributed by atoms with Gasteiger partial charge < -0.3 is 16.0 Å². The number of aryl methyl sites for hydroxylation is 1. The zero-order valence-electron chi connectivity index (χ0n) is 19.6. The van der Waals surface area contributed by atoms with Crippen LogP contribution in [0.3, 0.4) is 0 Å². The van der Waals surface area contributed by atoms with Gasteiger partial charge in [-0.1, -0.05) is 12.1 Å². The first kappa shape index (κ1) is 23.7. The number of aromatic nitrogens is 5. The molecule has 3 aromatic heterocycles. The van der Waals surface area contributed by atoms with Gasteiger partial charge in [-0.2, -0.15) is 9.29 Å². The summed E-state index contributed by atoms with van der Waals surface area (Å²) >= 11 is 0. The fraction of sp³-hybridized carbons (Fsp3) is 0.208. The van der Waals surface area contributed by atoms with Gasteiger partial charge in [-0.25, -0.2) is 28.4 Å². The average molecular weight is 504 g/mol. The Bertz CT molecular complexity index is 1470. The van der Waals surface area contributed by atoms with Crippen LogP contribution in [0.5, 0.6) is 0 Å². The third-order valence-electron chi connectivity index (χ3n) is 5.49. The number of benzene rings is 1. The molecular weight excluding hydrogens is 478 g/mol. The number of anilines is 4. The van der Waals surface area contributed by atoms with Crippen molar-refractivity contribution in [3.8, 4) is 11.5 Å². The van der Waals surface area contributed by atoms with Crippen molar-refractivity contribution < 1.29 is 8.42 Å². The van der Waals surface area contributed by atoms with E-state index < -0.39 is 10.0 Å². The van der Waals surface area contributed by atoms with Crippen LogP contribution >= 0.6 is 0 Å². The van der Waals surface area contributed by atoms with Crippen LogP contribution in [0.4, 0.5) is 23.3 Å². The van der Waals surface area contributed by atoms with Gasteiger partial charge in [0.25, 0.3) is 0 Å². The van der Waals surface area contributed by atoms with Gasteiger partial charge in [-0.3, -0.25) is 0 Å². The maximum Gasteiger partial charge on any atom is 0.243 e. The van der Waals surface area contributed by atoms with Crippen molar-refractivity contribution in [3.63, 3.8) is 0 Å². The van der Waals surface area contributed by atoms with Crippen LogP contribution in [-0.2, 0) is 10.0 Å². The third-order valence-corrected chi connectivity index (χ3v) is 7.38. The summed E-state index contributed by atoms with van der Waals surface area (Å²) in [6.45, 7) is 4.08. The summed E-state index contributed by atoms with van der Waals surface area (Å²) in [4.78, 5) is 22.3. The predicted octanol–water partition coefficient (Wildman–Crippen LogP) is 2.72. The molecule has 0 saturated carbocycles. The van der Waals surface area contributed by atoms with Gasteiger partial charge in [0, 0.05) is 50.0 Å². The van der Waals surface area contributed by atoms with E-state index in [4.69, 9.17) is 0 Å². The zero-order chi connectivity index (χ0) is 25.0. The molecule has 4 heterocycles. The summed E-state index contributed by atoms with van der Waals surface area (Å²) in [5, 5.41) is 9.41. The zero-order valence-corrected chi connectivity index (χ0v) is 20.4. The number of hydrogen-bond acceptors (Lipinski definition) is 10. The lowest BCUT2D eigenvalue weighted by molar-refractivity contribution is 0.360. The van der Waals surface area contributed by atoms with Crippen molar-refractivity contribution in [3.05, 3.63) is 72.7 Å². The molecule has 0 spiro atoms. The second kappa shape index (κ2) is 10.3. The number of sulfonamides is 1. The van der Waals surface area contributed by atoms with Gasteiger partial charge in [0.15, 0.2) is 5.82 Å². The van der Waals surface area contributed by atoms with Crippen molar-refractivity contribution in [1.29, 1.82) is 0 Å². The fourth-order valence-corrected chi connectivity index (χ4v) is 5.22. The Labute approximate surface area is 209 Å². The smallest absolute Gasteiger partial charge is 0.243 e. The lowest BCUT2D eigenvalue weighted by Gasteiger charge is -2.26. The summed E-state index contributed by atoms with van der Waals surface area (Å²) in [7, 11) is -3.57. The molecular formula is C24H25N9O2S. The molecule has 0 amide bonds. The van der Waals surface area contributed by atoms with Crippen LogP contribution in [0.2, 0.25) is 0 Å². The van der Waals surface area contributed by atoms with E-state index in [1.165, 1.54) is 4.31 Å². The van der Waals surface area contributed by atoms with Crippen LogP contribution in [-0.4, -0.2) is 63.8 Å². The first-order valence-corrected chi connectivity index (χ1v) is 12.9. The normalized spacial score (nSPS) is 14.4. The molecule has 5 rings (SSSR count). The number of hydrogen-bond donors (Lipinski definition) is 3. The maximum absolute atomic E-state index is 13.0. The topological polar surface area (TPSA) is 138 Å². The van der Waals surface area contributed by atoms with Gasteiger partial charge in [0.05, 0.1) is 4.90 Å². The van der Waals surface area contributed by atoms with Crippen LogP contribution < -0.4 is 16.0 Å². The van der Waals surface area contributed by atoms with Crippen LogP contribution in [0, 0.1) is 6.92 Å². The molecule has 1 aliphatic rings. The SMILES string of the molecule is Cc1cccc(-c2nccc(Nc3ccnc(Nc4cccc(S(=O)(=O)N5CCNCC5)c4)n3)n2)n1. The molecule has 1 aliphatic heterocycles. The Hall–Kier alpha value is -4.00. The molecule has 0 unspecified atom stereocenters. The first-order chi connectivity index (χ1) is 17.5. The van der Waals surface area contributed by atoms with E-state index >= 15 is 0 Å². The fourth-order valence-electron chi connectivity index (χ4n) is 3.74. The Morgan fingerprint density at radius 3 is 2.42 bits per heavy atom. The van der Waals surface area contributed by atoms with Crippen molar-refractivity contribution in [2.75, 3.05) is 36.8 Å². The third kappa shape index (κ3) is 5.46. The highest BCUT2D eigenvalue weighted by atomic mass is 32.2. The number of pyridine rings is 1. The van der Waals surface area contributed by atoms with Crippen LogP contribution in [0.25, 0.3) is 11.5 Å². The lowest BCUT2D eigenvalue weighted by Crippen LogP contribution is -2.46. The van der Waals surface area contributed by atoms with Crippen molar-refractivity contribution in [1.82, 2.24) is 34.5 Å². The number of nitrogens with zero attached hydrogens (tertiary/aromatic N) is 6.